The predicted octanol–water partition coefficient (Wildman–Crippen LogP) is 2.55. The van der Waals surface area contributed by atoms with Gasteiger partial charge in [-0.25, -0.2) is 0 Å². The van der Waals surface area contributed by atoms with Crippen molar-refractivity contribution in [1.29, 1.82) is 0 Å². The highest BCUT2D eigenvalue weighted by Gasteiger charge is 2.36. The van der Waals surface area contributed by atoms with Crippen molar-refractivity contribution in [3.8, 4) is 0 Å². The molecule has 1 aromatic rings. The molecule has 1 N–H and O–H groups in total. The Labute approximate surface area is 101 Å². The second-order valence-electron chi connectivity index (χ2n) is 5.03. The van der Waals surface area contributed by atoms with E-state index in [-0.39, 0.29) is 0 Å². The average Bonchev–Trinajstić information content (AvgIpc) is 2.99. The van der Waals surface area contributed by atoms with E-state index in [4.69, 9.17) is 4.74 Å². The zero-order valence-corrected chi connectivity index (χ0v) is 10.4. The first-order valence-electron chi connectivity index (χ1n) is 6.24. The summed E-state index contributed by atoms with van der Waals surface area (Å²) in [6, 6.07) is 5.28. The van der Waals surface area contributed by atoms with Crippen molar-refractivity contribution in [3.05, 3.63) is 22.4 Å². The Morgan fingerprint density at radius 2 is 2.19 bits per heavy atom. The van der Waals surface area contributed by atoms with Crippen LogP contribution in [0.3, 0.4) is 0 Å². The van der Waals surface area contributed by atoms with Gasteiger partial charge >= 0.3 is 0 Å². The maximum atomic E-state index is 5.52. The van der Waals surface area contributed by atoms with Crippen LogP contribution in [0.25, 0.3) is 0 Å². The molecule has 3 heteroatoms. The fourth-order valence-electron chi connectivity index (χ4n) is 2.48. The molecule has 0 spiro atoms. The first-order chi connectivity index (χ1) is 7.89. The van der Waals surface area contributed by atoms with Crippen molar-refractivity contribution < 1.29 is 4.74 Å². The summed E-state index contributed by atoms with van der Waals surface area (Å²) in [5.74, 6) is 0. The highest BCUT2D eigenvalue weighted by atomic mass is 32.1. The molecule has 1 aliphatic heterocycles. The van der Waals surface area contributed by atoms with Crippen molar-refractivity contribution in [1.82, 2.24) is 5.32 Å². The molecule has 3 rings (SSSR count). The molecule has 0 aromatic carbocycles. The molecule has 0 radical (unpaired) electrons. The van der Waals surface area contributed by atoms with Crippen LogP contribution in [0.15, 0.2) is 17.5 Å². The third-order valence-electron chi connectivity index (χ3n) is 3.80. The molecule has 0 amide bonds. The second kappa shape index (κ2) is 4.47. The standard InChI is InChI=1S/C13H19NOS/c1-2-12(16-9-1)13(5-7-15-8-6-13)10-14-11-3-4-11/h1-2,9,11,14H,3-8,10H2. The number of ether oxygens (including phenoxy) is 1. The monoisotopic (exact) mass is 237 g/mol. The number of rotatable bonds is 4. The minimum absolute atomic E-state index is 0.356. The van der Waals surface area contributed by atoms with E-state index in [0.29, 0.717) is 5.41 Å². The average molecular weight is 237 g/mol. The van der Waals surface area contributed by atoms with Gasteiger partial charge in [-0.2, -0.15) is 0 Å². The van der Waals surface area contributed by atoms with E-state index in [0.717, 1.165) is 25.8 Å². The molecule has 2 aliphatic rings. The molecule has 1 aromatic heterocycles. The topological polar surface area (TPSA) is 21.3 Å². The lowest BCUT2D eigenvalue weighted by Crippen LogP contribution is -2.42. The van der Waals surface area contributed by atoms with E-state index >= 15 is 0 Å². The molecule has 1 aliphatic carbocycles. The van der Waals surface area contributed by atoms with Crippen molar-refractivity contribution in [2.24, 2.45) is 0 Å². The quantitative estimate of drug-likeness (QED) is 0.869. The van der Waals surface area contributed by atoms with Gasteiger partial charge in [0, 0.05) is 36.1 Å². The maximum absolute atomic E-state index is 5.52. The minimum atomic E-state index is 0.356. The maximum Gasteiger partial charge on any atom is 0.0475 e. The van der Waals surface area contributed by atoms with Crippen LogP contribution in [-0.4, -0.2) is 25.8 Å². The van der Waals surface area contributed by atoms with E-state index in [2.05, 4.69) is 22.8 Å². The summed E-state index contributed by atoms with van der Waals surface area (Å²) in [5.41, 5.74) is 0.356. The summed E-state index contributed by atoms with van der Waals surface area (Å²) < 4.78 is 5.52. The van der Waals surface area contributed by atoms with Crippen LogP contribution in [0.5, 0.6) is 0 Å². The van der Waals surface area contributed by atoms with Crippen LogP contribution in [-0.2, 0) is 10.2 Å². The Kier molecular flexibility index (Phi) is 3.01. The van der Waals surface area contributed by atoms with Crippen LogP contribution in [0.2, 0.25) is 0 Å². The molecule has 0 atom stereocenters. The lowest BCUT2D eigenvalue weighted by Gasteiger charge is -2.36. The summed E-state index contributed by atoms with van der Waals surface area (Å²) in [7, 11) is 0. The lowest BCUT2D eigenvalue weighted by molar-refractivity contribution is 0.0510. The van der Waals surface area contributed by atoms with Crippen molar-refractivity contribution >= 4 is 11.3 Å². The molecular formula is C13H19NOS. The molecular weight excluding hydrogens is 218 g/mol. The molecule has 1 saturated heterocycles. The van der Waals surface area contributed by atoms with Gasteiger partial charge in [0.25, 0.3) is 0 Å². The molecule has 0 unspecified atom stereocenters. The molecule has 88 valence electrons. The number of thiophene rings is 1. The van der Waals surface area contributed by atoms with Gasteiger partial charge in [-0.3, -0.25) is 0 Å². The van der Waals surface area contributed by atoms with Gasteiger partial charge in [0.1, 0.15) is 0 Å². The third kappa shape index (κ3) is 2.17. The normalized spacial score (nSPS) is 24.5. The Bertz CT molecular complexity index is 326. The van der Waals surface area contributed by atoms with E-state index in [1.165, 1.54) is 25.7 Å². The summed E-state index contributed by atoms with van der Waals surface area (Å²) in [6.45, 7) is 2.98. The van der Waals surface area contributed by atoms with E-state index in [9.17, 15) is 0 Å². The molecule has 0 bridgehead atoms. The van der Waals surface area contributed by atoms with Gasteiger partial charge in [-0.15, -0.1) is 11.3 Å². The van der Waals surface area contributed by atoms with Gasteiger partial charge in [0.05, 0.1) is 0 Å². The van der Waals surface area contributed by atoms with Gasteiger partial charge < -0.3 is 10.1 Å². The lowest BCUT2D eigenvalue weighted by atomic mass is 9.78. The molecule has 1 saturated carbocycles. The first-order valence-corrected chi connectivity index (χ1v) is 7.12. The van der Waals surface area contributed by atoms with Crippen molar-refractivity contribution in [3.63, 3.8) is 0 Å². The van der Waals surface area contributed by atoms with E-state index in [1.54, 1.807) is 4.88 Å². The molecule has 2 fully saturated rings. The number of nitrogens with one attached hydrogen (secondary N) is 1. The van der Waals surface area contributed by atoms with Crippen molar-refractivity contribution in [2.75, 3.05) is 19.8 Å². The van der Waals surface area contributed by atoms with Gasteiger partial charge in [-0.1, -0.05) is 6.07 Å². The number of hydrogen-bond donors (Lipinski definition) is 1. The largest absolute Gasteiger partial charge is 0.381 e. The summed E-state index contributed by atoms with van der Waals surface area (Å²) >= 11 is 1.90. The highest BCUT2D eigenvalue weighted by molar-refractivity contribution is 7.10. The van der Waals surface area contributed by atoms with Gasteiger partial charge in [0.15, 0.2) is 0 Å². The van der Waals surface area contributed by atoms with Crippen LogP contribution < -0.4 is 5.32 Å². The Morgan fingerprint density at radius 1 is 1.38 bits per heavy atom. The Morgan fingerprint density at radius 3 is 2.81 bits per heavy atom. The summed E-state index contributed by atoms with van der Waals surface area (Å²) in [5, 5.41) is 5.90. The van der Waals surface area contributed by atoms with Crippen LogP contribution in [0, 0.1) is 0 Å². The molecule has 2 heterocycles. The van der Waals surface area contributed by atoms with Gasteiger partial charge in [-0.05, 0) is 37.1 Å². The summed E-state index contributed by atoms with van der Waals surface area (Å²) in [4.78, 5) is 1.55. The molecule has 2 nitrogen and oxygen atoms in total. The zero-order chi connectivity index (χ0) is 10.8. The highest BCUT2D eigenvalue weighted by Crippen LogP contribution is 2.37. The van der Waals surface area contributed by atoms with Gasteiger partial charge in [0.2, 0.25) is 0 Å². The van der Waals surface area contributed by atoms with E-state index < -0.39 is 0 Å². The SMILES string of the molecule is c1csc(C2(CNC3CC3)CCOCC2)c1. The van der Waals surface area contributed by atoms with E-state index in [1.807, 2.05) is 11.3 Å². The predicted molar refractivity (Wildman–Crippen MR) is 67.1 cm³/mol. The summed E-state index contributed by atoms with van der Waals surface area (Å²) in [6.07, 6.45) is 5.09. The zero-order valence-electron chi connectivity index (χ0n) is 9.58. The van der Waals surface area contributed by atoms with Crippen molar-refractivity contribution in [2.45, 2.75) is 37.1 Å². The second-order valence-corrected chi connectivity index (χ2v) is 5.97. The Hall–Kier alpha value is -0.380. The first kappa shape index (κ1) is 10.8. The fourth-order valence-corrected chi connectivity index (χ4v) is 3.47. The number of hydrogen-bond acceptors (Lipinski definition) is 3. The minimum Gasteiger partial charge on any atom is -0.381 e. The van der Waals surface area contributed by atoms with Crippen LogP contribution in [0.1, 0.15) is 30.6 Å². The smallest absolute Gasteiger partial charge is 0.0475 e. The fraction of sp³-hybridized carbons (Fsp3) is 0.692. The van der Waals surface area contributed by atoms with Crippen LogP contribution in [0.4, 0.5) is 0 Å². The molecule has 16 heavy (non-hydrogen) atoms. The van der Waals surface area contributed by atoms with Crippen LogP contribution >= 0.6 is 11.3 Å². The Balaban J connectivity index is 1.75. The third-order valence-corrected chi connectivity index (χ3v) is 4.92.